The monoisotopic (exact) mass is 468 g/mol. The topological polar surface area (TPSA) is 75.0 Å². The molecule has 1 aliphatic carbocycles. The van der Waals surface area contributed by atoms with E-state index in [4.69, 9.17) is 21.7 Å². The Bertz CT molecular complexity index is 1170. The number of rotatable bonds is 4. The Balaban J connectivity index is 1.21. The number of benzene rings is 1. The quantitative estimate of drug-likeness (QED) is 0.579. The Morgan fingerprint density at radius 2 is 1.91 bits per heavy atom. The molecule has 1 saturated carbocycles. The summed E-state index contributed by atoms with van der Waals surface area (Å²) < 4.78 is 16.1. The highest BCUT2D eigenvalue weighted by Gasteiger charge is 2.43. The minimum atomic E-state index is -0.198. The van der Waals surface area contributed by atoms with Crippen LogP contribution in [0.15, 0.2) is 30.6 Å². The van der Waals surface area contributed by atoms with Gasteiger partial charge < -0.3 is 15.1 Å². The number of anilines is 4. The van der Waals surface area contributed by atoms with Gasteiger partial charge in [-0.15, -0.1) is 5.10 Å². The van der Waals surface area contributed by atoms with Gasteiger partial charge >= 0.3 is 0 Å². The van der Waals surface area contributed by atoms with Crippen LogP contribution in [0.2, 0.25) is 5.15 Å². The van der Waals surface area contributed by atoms with E-state index in [0.29, 0.717) is 34.5 Å². The molecule has 1 N–H and O–H groups in total. The third-order valence-corrected chi connectivity index (χ3v) is 7.39. The summed E-state index contributed by atoms with van der Waals surface area (Å²) in [6, 6.07) is 7.51. The molecule has 3 aromatic rings. The fraction of sp³-hybridized carbons (Fsp3) is 0.478. The largest absolute Gasteiger partial charge is 0.356 e. The minimum absolute atomic E-state index is 0.198. The summed E-state index contributed by atoms with van der Waals surface area (Å²) in [6.45, 7) is 5.23. The van der Waals surface area contributed by atoms with Gasteiger partial charge in [-0.1, -0.05) is 17.7 Å². The number of piperidine rings is 1. The van der Waals surface area contributed by atoms with Crippen LogP contribution in [0, 0.1) is 24.6 Å². The van der Waals surface area contributed by atoms with E-state index in [-0.39, 0.29) is 5.82 Å². The molecule has 2 bridgehead atoms. The Morgan fingerprint density at radius 3 is 2.67 bits per heavy atom. The first-order chi connectivity index (χ1) is 16.0. The van der Waals surface area contributed by atoms with E-state index in [1.54, 1.807) is 13.0 Å². The molecule has 10 heteroatoms. The first-order valence-electron chi connectivity index (χ1n) is 11.5. The standard InChI is InChI=1S/C23H26ClFN8/c1-14-3-6-17(9-18(14)25)32-7-2-8-33-23(32)29-22(30-33)28-21-15-4-5-16(21)12-31(11-15)20-10-19(24)26-13-27-20/h3,6,9-10,13,15-16,21H,2,4-5,7-8,11-12H2,1H3,(H,28,30)/t15-,16+,21?. The third-order valence-electron chi connectivity index (χ3n) is 7.19. The van der Waals surface area contributed by atoms with Crippen LogP contribution in [-0.2, 0) is 6.54 Å². The fourth-order valence-corrected chi connectivity index (χ4v) is 5.65. The van der Waals surface area contributed by atoms with Crippen LogP contribution in [-0.4, -0.2) is 50.4 Å². The first-order valence-corrected chi connectivity index (χ1v) is 11.9. The van der Waals surface area contributed by atoms with E-state index in [1.807, 2.05) is 22.9 Å². The van der Waals surface area contributed by atoms with Crippen molar-refractivity contribution in [3.63, 3.8) is 0 Å². The number of aryl methyl sites for hydroxylation is 2. The van der Waals surface area contributed by atoms with Gasteiger partial charge in [0, 0.05) is 44.0 Å². The first kappa shape index (κ1) is 20.7. The van der Waals surface area contributed by atoms with Crippen molar-refractivity contribution in [2.75, 3.05) is 34.8 Å². The lowest BCUT2D eigenvalue weighted by molar-refractivity contribution is 0.374. The molecule has 6 rings (SSSR count). The molecule has 1 aromatic carbocycles. The van der Waals surface area contributed by atoms with E-state index in [1.165, 1.54) is 19.2 Å². The molecule has 3 atom stereocenters. The van der Waals surface area contributed by atoms with Crippen LogP contribution in [0.1, 0.15) is 24.8 Å². The molecule has 1 unspecified atom stereocenters. The van der Waals surface area contributed by atoms with Crippen molar-refractivity contribution in [1.29, 1.82) is 0 Å². The molecule has 3 aliphatic rings. The molecule has 0 amide bonds. The highest BCUT2D eigenvalue weighted by molar-refractivity contribution is 6.29. The van der Waals surface area contributed by atoms with Crippen LogP contribution in [0.25, 0.3) is 0 Å². The molecule has 0 spiro atoms. The number of aromatic nitrogens is 5. The highest BCUT2D eigenvalue weighted by Crippen LogP contribution is 2.40. The van der Waals surface area contributed by atoms with Crippen molar-refractivity contribution in [3.05, 3.63) is 47.1 Å². The van der Waals surface area contributed by atoms with E-state index in [0.717, 1.165) is 50.1 Å². The zero-order valence-corrected chi connectivity index (χ0v) is 19.2. The molecular formula is C23H26ClFN8. The summed E-state index contributed by atoms with van der Waals surface area (Å²) in [5.74, 6) is 3.09. The van der Waals surface area contributed by atoms with Crippen molar-refractivity contribution in [2.24, 2.45) is 11.8 Å². The number of hydrogen-bond acceptors (Lipinski definition) is 7. The fourth-order valence-electron chi connectivity index (χ4n) is 5.51. The molecule has 2 aliphatic heterocycles. The minimum Gasteiger partial charge on any atom is -0.356 e. The van der Waals surface area contributed by atoms with Crippen molar-refractivity contribution >= 4 is 35.0 Å². The molecule has 2 fully saturated rings. The van der Waals surface area contributed by atoms with Crippen LogP contribution in [0.3, 0.4) is 0 Å². The molecule has 0 radical (unpaired) electrons. The van der Waals surface area contributed by atoms with Gasteiger partial charge in [-0.2, -0.15) is 4.98 Å². The normalized spacial score (nSPS) is 24.2. The summed E-state index contributed by atoms with van der Waals surface area (Å²) in [5, 5.41) is 8.87. The molecule has 4 heterocycles. The van der Waals surface area contributed by atoms with Gasteiger partial charge in [0.1, 0.15) is 23.1 Å². The summed E-state index contributed by atoms with van der Waals surface area (Å²) in [5.41, 5.74) is 1.46. The number of nitrogens with one attached hydrogen (secondary N) is 1. The second kappa shape index (κ2) is 8.13. The SMILES string of the molecule is Cc1ccc(N2CCCn3nc(NC4[C@@H]5CC[C@H]4CN(c4cc(Cl)ncn4)C5)nc32)cc1F. The van der Waals surface area contributed by atoms with Gasteiger partial charge in [0.15, 0.2) is 0 Å². The van der Waals surface area contributed by atoms with Gasteiger partial charge in [-0.05, 0) is 55.7 Å². The van der Waals surface area contributed by atoms with Crippen molar-refractivity contribution in [2.45, 2.75) is 38.8 Å². The zero-order valence-electron chi connectivity index (χ0n) is 18.5. The third kappa shape index (κ3) is 3.78. The lowest BCUT2D eigenvalue weighted by Crippen LogP contribution is -2.48. The number of halogens is 2. The maximum atomic E-state index is 14.2. The van der Waals surface area contributed by atoms with Crippen LogP contribution >= 0.6 is 11.6 Å². The maximum absolute atomic E-state index is 14.2. The van der Waals surface area contributed by atoms with Gasteiger partial charge in [0.25, 0.3) is 0 Å². The van der Waals surface area contributed by atoms with Gasteiger partial charge in [0.05, 0.1) is 0 Å². The second-order valence-electron chi connectivity index (χ2n) is 9.27. The molecular weight excluding hydrogens is 443 g/mol. The molecule has 8 nitrogen and oxygen atoms in total. The summed E-state index contributed by atoms with van der Waals surface area (Å²) in [6.07, 6.45) is 4.80. The smallest absolute Gasteiger partial charge is 0.244 e. The molecule has 2 aromatic heterocycles. The second-order valence-corrected chi connectivity index (χ2v) is 9.66. The average Bonchev–Trinajstić information content (AvgIpc) is 3.31. The molecule has 33 heavy (non-hydrogen) atoms. The maximum Gasteiger partial charge on any atom is 0.244 e. The number of fused-ring (bicyclic) bond motifs is 3. The van der Waals surface area contributed by atoms with Gasteiger partial charge in [-0.3, -0.25) is 0 Å². The van der Waals surface area contributed by atoms with Crippen molar-refractivity contribution in [1.82, 2.24) is 24.7 Å². The average molecular weight is 469 g/mol. The van der Waals surface area contributed by atoms with E-state index >= 15 is 0 Å². The predicted octanol–water partition coefficient (Wildman–Crippen LogP) is 4.04. The van der Waals surface area contributed by atoms with Crippen LogP contribution < -0.4 is 15.1 Å². The Hall–Kier alpha value is -2.94. The lowest BCUT2D eigenvalue weighted by Gasteiger charge is -2.38. The van der Waals surface area contributed by atoms with E-state index in [2.05, 4.69) is 25.1 Å². The summed E-state index contributed by atoms with van der Waals surface area (Å²) in [4.78, 5) is 17.6. The van der Waals surface area contributed by atoms with E-state index < -0.39 is 0 Å². The number of nitrogens with zero attached hydrogens (tertiary/aromatic N) is 7. The van der Waals surface area contributed by atoms with Gasteiger partial charge in [0.2, 0.25) is 11.9 Å². The Morgan fingerprint density at radius 1 is 1.09 bits per heavy atom. The number of hydrogen-bond donors (Lipinski definition) is 1. The highest BCUT2D eigenvalue weighted by atomic mass is 35.5. The van der Waals surface area contributed by atoms with Crippen molar-refractivity contribution < 1.29 is 4.39 Å². The van der Waals surface area contributed by atoms with Gasteiger partial charge in [-0.25, -0.2) is 19.0 Å². The van der Waals surface area contributed by atoms with Crippen LogP contribution in [0.5, 0.6) is 0 Å². The molecule has 172 valence electrons. The Labute approximate surface area is 196 Å². The van der Waals surface area contributed by atoms with Crippen LogP contribution in [0.4, 0.5) is 27.8 Å². The predicted molar refractivity (Wildman–Crippen MR) is 126 cm³/mol. The zero-order chi connectivity index (χ0) is 22.5. The summed E-state index contributed by atoms with van der Waals surface area (Å²) in [7, 11) is 0. The molecule has 1 saturated heterocycles. The van der Waals surface area contributed by atoms with E-state index in [9.17, 15) is 4.39 Å². The van der Waals surface area contributed by atoms with Crippen molar-refractivity contribution in [3.8, 4) is 0 Å². The lowest BCUT2D eigenvalue weighted by atomic mass is 9.92. The Kier molecular flexibility index (Phi) is 5.09. The summed E-state index contributed by atoms with van der Waals surface area (Å²) >= 11 is 6.08.